The van der Waals surface area contributed by atoms with Gasteiger partial charge in [0.15, 0.2) is 0 Å². The fraction of sp³-hybridized carbons (Fsp3) is 0.500. The number of nitriles is 1. The van der Waals surface area contributed by atoms with Crippen molar-refractivity contribution in [3.05, 3.63) is 34.9 Å². The molecule has 0 radical (unpaired) electrons. The molecule has 1 N–H and O–H groups in total. The summed E-state index contributed by atoms with van der Waals surface area (Å²) in [6.07, 6.45) is 0. The molecule has 0 spiro atoms. The summed E-state index contributed by atoms with van der Waals surface area (Å²) in [6, 6.07) is 8.74. The van der Waals surface area contributed by atoms with Crippen LogP contribution in [0.25, 0.3) is 0 Å². The summed E-state index contributed by atoms with van der Waals surface area (Å²) in [4.78, 5) is 2.49. The van der Waals surface area contributed by atoms with Crippen LogP contribution in [0.1, 0.15) is 23.6 Å². The van der Waals surface area contributed by atoms with Crippen LogP contribution in [0.15, 0.2) is 18.2 Å². The van der Waals surface area contributed by atoms with Crippen molar-refractivity contribution < 1.29 is 0 Å². The van der Waals surface area contributed by atoms with Crippen LogP contribution in [0.3, 0.4) is 0 Å². The molecule has 1 heterocycles. The van der Waals surface area contributed by atoms with Crippen LogP contribution in [-0.4, -0.2) is 30.6 Å². The van der Waals surface area contributed by atoms with Gasteiger partial charge in [-0.1, -0.05) is 6.07 Å². The van der Waals surface area contributed by atoms with Gasteiger partial charge < -0.3 is 5.32 Å². The molecule has 1 aromatic rings. The van der Waals surface area contributed by atoms with Crippen LogP contribution < -0.4 is 5.32 Å². The maximum atomic E-state index is 8.85. The molecule has 3 heteroatoms. The molecule has 0 unspecified atom stereocenters. The van der Waals surface area contributed by atoms with Gasteiger partial charge in [0.25, 0.3) is 0 Å². The summed E-state index contributed by atoms with van der Waals surface area (Å²) in [7, 11) is 0. The van der Waals surface area contributed by atoms with Gasteiger partial charge in [-0.25, -0.2) is 0 Å². The quantitative estimate of drug-likeness (QED) is 0.838. The summed E-state index contributed by atoms with van der Waals surface area (Å²) >= 11 is 0. The van der Waals surface area contributed by atoms with E-state index in [1.165, 1.54) is 11.1 Å². The number of nitrogens with one attached hydrogen (secondary N) is 1. The highest BCUT2D eigenvalue weighted by molar-refractivity contribution is 5.37. The van der Waals surface area contributed by atoms with E-state index in [4.69, 9.17) is 5.26 Å². The van der Waals surface area contributed by atoms with E-state index >= 15 is 0 Å². The standard InChI is InChI=1S/C14H19N3/c1-11-7-13(8-15)3-4-14(11)10-17-6-5-16-9-12(17)2/h3-4,7,12,16H,5-6,9-10H2,1-2H3/t12-/m0/s1. The number of benzene rings is 1. The fourth-order valence-corrected chi connectivity index (χ4v) is 2.28. The van der Waals surface area contributed by atoms with Gasteiger partial charge in [-0.2, -0.15) is 5.26 Å². The normalized spacial score (nSPS) is 21.1. The largest absolute Gasteiger partial charge is 0.314 e. The number of aryl methyl sites for hydroxylation is 1. The van der Waals surface area contributed by atoms with Gasteiger partial charge in [-0.3, -0.25) is 4.90 Å². The van der Waals surface area contributed by atoms with Crippen molar-refractivity contribution in [3.63, 3.8) is 0 Å². The minimum atomic E-state index is 0.582. The second kappa shape index (κ2) is 5.31. The van der Waals surface area contributed by atoms with Gasteiger partial charge in [0, 0.05) is 32.2 Å². The van der Waals surface area contributed by atoms with Crippen molar-refractivity contribution >= 4 is 0 Å². The fourth-order valence-electron chi connectivity index (χ4n) is 2.28. The summed E-state index contributed by atoms with van der Waals surface area (Å²) in [5, 5.41) is 12.2. The smallest absolute Gasteiger partial charge is 0.0991 e. The molecule has 0 aliphatic carbocycles. The van der Waals surface area contributed by atoms with Crippen LogP contribution in [0.2, 0.25) is 0 Å². The molecule has 2 rings (SSSR count). The van der Waals surface area contributed by atoms with E-state index in [2.05, 4.69) is 36.2 Å². The van der Waals surface area contributed by atoms with Crippen LogP contribution in [0.4, 0.5) is 0 Å². The zero-order chi connectivity index (χ0) is 12.3. The SMILES string of the molecule is Cc1cc(C#N)ccc1CN1CCNC[C@@H]1C. The molecule has 0 bridgehead atoms. The first-order valence-corrected chi connectivity index (χ1v) is 6.15. The van der Waals surface area contributed by atoms with Crippen molar-refractivity contribution in [2.45, 2.75) is 26.4 Å². The molecule has 1 aliphatic heterocycles. The van der Waals surface area contributed by atoms with Crippen molar-refractivity contribution in [3.8, 4) is 6.07 Å². The monoisotopic (exact) mass is 229 g/mol. The first-order chi connectivity index (χ1) is 8.20. The number of hydrogen-bond acceptors (Lipinski definition) is 3. The average Bonchev–Trinajstić information content (AvgIpc) is 2.34. The zero-order valence-corrected chi connectivity index (χ0v) is 10.5. The zero-order valence-electron chi connectivity index (χ0n) is 10.5. The Morgan fingerprint density at radius 1 is 1.53 bits per heavy atom. The second-order valence-corrected chi connectivity index (χ2v) is 4.78. The maximum Gasteiger partial charge on any atom is 0.0991 e. The predicted molar refractivity (Wildman–Crippen MR) is 68.6 cm³/mol. The maximum absolute atomic E-state index is 8.85. The molecule has 3 nitrogen and oxygen atoms in total. The topological polar surface area (TPSA) is 39.1 Å². The predicted octanol–water partition coefficient (Wildman–Crippen LogP) is 1.66. The average molecular weight is 229 g/mol. The lowest BCUT2D eigenvalue weighted by atomic mass is 10.0. The molecule has 1 saturated heterocycles. The van der Waals surface area contributed by atoms with E-state index in [1.807, 2.05) is 12.1 Å². The van der Waals surface area contributed by atoms with Crippen LogP contribution >= 0.6 is 0 Å². The first-order valence-electron chi connectivity index (χ1n) is 6.15. The molecule has 1 fully saturated rings. The summed E-state index contributed by atoms with van der Waals surface area (Å²) in [5.74, 6) is 0. The lowest BCUT2D eigenvalue weighted by Gasteiger charge is -2.34. The van der Waals surface area contributed by atoms with E-state index in [0.29, 0.717) is 6.04 Å². The van der Waals surface area contributed by atoms with Gasteiger partial charge in [-0.05, 0) is 37.1 Å². The Bertz CT molecular complexity index is 434. The van der Waals surface area contributed by atoms with E-state index < -0.39 is 0 Å². The Morgan fingerprint density at radius 3 is 3.00 bits per heavy atom. The third-order valence-electron chi connectivity index (χ3n) is 3.48. The van der Waals surface area contributed by atoms with Gasteiger partial charge in [0.2, 0.25) is 0 Å². The minimum absolute atomic E-state index is 0.582. The highest BCUT2D eigenvalue weighted by atomic mass is 15.2. The number of nitrogens with zero attached hydrogens (tertiary/aromatic N) is 2. The molecule has 0 saturated carbocycles. The Hall–Kier alpha value is -1.37. The lowest BCUT2D eigenvalue weighted by Crippen LogP contribution is -2.49. The Kier molecular flexibility index (Phi) is 3.78. The Balaban J connectivity index is 2.10. The molecule has 0 amide bonds. The molecule has 1 aromatic carbocycles. The van der Waals surface area contributed by atoms with Gasteiger partial charge in [0.1, 0.15) is 0 Å². The Morgan fingerprint density at radius 2 is 2.35 bits per heavy atom. The van der Waals surface area contributed by atoms with Crippen molar-refractivity contribution in [1.82, 2.24) is 10.2 Å². The lowest BCUT2D eigenvalue weighted by molar-refractivity contribution is 0.165. The van der Waals surface area contributed by atoms with Gasteiger partial charge in [-0.15, -0.1) is 0 Å². The summed E-state index contributed by atoms with van der Waals surface area (Å²) in [5.41, 5.74) is 3.30. The Labute approximate surface area is 103 Å². The number of rotatable bonds is 2. The van der Waals surface area contributed by atoms with Crippen molar-refractivity contribution in [2.75, 3.05) is 19.6 Å². The molecule has 90 valence electrons. The van der Waals surface area contributed by atoms with Crippen LogP contribution in [0.5, 0.6) is 0 Å². The van der Waals surface area contributed by atoms with Crippen molar-refractivity contribution in [2.24, 2.45) is 0 Å². The molecule has 17 heavy (non-hydrogen) atoms. The first kappa shape index (κ1) is 12.1. The van der Waals surface area contributed by atoms with E-state index in [1.54, 1.807) is 0 Å². The van der Waals surface area contributed by atoms with Crippen LogP contribution in [-0.2, 0) is 6.54 Å². The second-order valence-electron chi connectivity index (χ2n) is 4.78. The van der Waals surface area contributed by atoms with Crippen molar-refractivity contribution in [1.29, 1.82) is 5.26 Å². The third-order valence-corrected chi connectivity index (χ3v) is 3.48. The highest BCUT2D eigenvalue weighted by Crippen LogP contribution is 2.15. The molecule has 1 atom stereocenters. The molecule has 0 aromatic heterocycles. The van der Waals surface area contributed by atoms with Crippen LogP contribution in [0, 0.1) is 18.3 Å². The van der Waals surface area contributed by atoms with Gasteiger partial charge >= 0.3 is 0 Å². The third kappa shape index (κ3) is 2.85. The van der Waals surface area contributed by atoms with E-state index in [-0.39, 0.29) is 0 Å². The van der Waals surface area contributed by atoms with E-state index in [0.717, 1.165) is 31.7 Å². The number of hydrogen-bond donors (Lipinski definition) is 1. The molecular weight excluding hydrogens is 210 g/mol. The highest BCUT2D eigenvalue weighted by Gasteiger charge is 2.18. The van der Waals surface area contributed by atoms with E-state index in [9.17, 15) is 0 Å². The molecular formula is C14H19N3. The minimum Gasteiger partial charge on any atom is -0.314 e. The molecule has 1 aliphatic rings. The van der Waals surface area contributed by atoms with Gasteiger partial charge in [0.05, 0.1) is 11.6 Å². The summed E-state index contributed by atoms with van der Waals surface area (Å²) in [6.45, 7) is 8.56. The summed E-state index contributed by atoms with van der Waals surface area (Å²) < 4.78 is 0. The number of piperazine rings is 1.